The third kappa shape index (κ3) is 1.65. The van der Waals surface area contributed by atoms with Crippen LogP contribution in [0.2, 0.25) is 0 Å². The molecular formula is C10H9BrN2O3. The van der Waals surface area contributed by atoms with Crippen molar-refractivity contribution in [2.45, 2.75) is 0 Å². The first-order chi connectivity index (χ1) is 7.67. The minimum absolute atomic E-state index is 0.372. The van der Waals surface area contributed by atoms with Crippen molar-refractivity contribution in [3.63, 3.8) is 0 Å². The number of hydrogen-bond acceptors (Lipinski definition) is 4. The smallest absolute Gasteiger partial charge is 0.342 e. The van der Waals surface area contributed by atoms with Gasteiger partial charge in [-0.2, -0.15) is 0 Å². The first-order valence-electron chi connectivity index (χ1n) is 4.48. The Hall–Kier alpha value is -1.56. The van der Waals surface area contributed by atoms with Crippen LogP contribution in [0.3, 0.4) is 0 Å². The quantitative estimate of drug-likeness (QED) is 0.858. The molecule has 0 aromatic carbocycles. The third-order valence-corrected chi connectivity index (χ3v) is 2.76. The van der Waals surface area contributed by atoms with E-state index in [-0.39, 0.29) is 0 Å². The van der Waals surface area contributed by atoms with Crippen molar-refractivity contribution in [1.82, 2.24) is 9.97 Å². The summed E-state index contributed by atoms with van der Waals surface area (Å²) < 4.78 is 10.2. The highest BCUT2D eigenvalue weighted by molar-refractivity contribution is 9.10. The second-order valence-corrected chi connectivity index (χ2v) is 3.85. The summed E-state index contributed by atoms with van der Waals surface area (Å²) in [6, 6.07) is 3.50. The predicted octanol–water partition coefficient (Wildman–Crippen LogP) is 2.12. The molecule has 0 saturated carbocycles. The molecule has 0 aliphatic rings. The molecule has 0 aliphatic carbocycles. The minimum Gasteiger partial charge on any atom is -0.481 e. The minimum atomic E-state index is -0.445. The number of aromatic amines is 1. The lowest BCUT2D eigenvalue weighted by molar-refractivity contribution is 0.0602. The summed E-state index contributed by atoms with van der Waals surface area (Å²) in [5.41, 5.74) is 1.64. The van der Waals surface area contributed by atoms with Crippen molar-refractivity contribution in [3.05, 3.63) is 22.3 Å². The summed E-state index contributed by atoms with van der Waals surface area (Å²) in [5, 5.41) is 0. The fourth-order valence-corrected chi connectivity index (χ4v) is 1.98. The maximum atomic E-state index is 11.6. The Morgan fingerprint density at radius 1 is 1.44 bits per heavy atom. The Morgan fingerprint density at radius 3 is 2.81 bits per heavy atom. The number of carbonyl (C=O) groups is 1. The van der Waals surface area contributed by atoms with Gasteiger partial charge in [-0.05, 0) is 22.0 Å². The third-order valence-electron chi connectivity index (χ3n) is 2.17. The fourth-order valence-electron chi connectivity index (χ4n) is 1.42. The molecule has 16 heavy (non-hydrogen) atoms. The molecule has 0 saturated heterocycles. The number of pyridine rings is 1. The molecule has 0 fully saturated rings. The van der Waals surface area contributed by atoms with Crippen LogP contribution < -0.4 is 4.74 Å². The van der Waals surface area contributed by atoms with Crippen LogP contribution in [0.25, 0.3) is 11.0 Å². The maximum absolute atomic E-state index is 11.6. The second-order valence-electron chi connectivity index (χ2n) is 3.06. The summed E-state index contributed by atoms with van der Waals surface area (Å²) in [4.78, 5) is 18.7. The molecule has 2 heterocycles. The number of nitrogens with one attached hydrogen (secondary N) is 1. The molecule has 1 N–H and O–H groups in total. The lowest BCUT2D eigenvalue weighted by Crippen LogP contribution is -2.01. The number of halogens is 1. The van der Waals surface area contributed by atoms with Crippen LogP contribution in [0.1, 0.15) is 10.4 Å². The Bertz CT molecular complexity index is 550. The van der Waals surface area contributed by atoms with Crippen LogP contribution in [0.5, 0.6) is 5.88 Å². The van der Waals surface area contributed by atoms with Gasteiger partial charge < -0.3 is 14.5 Å². The highest BCUT2D eigenvalue weighted by Crippen LogP contribution is 2.27. The van der Waals surface area contributed by atoms with Crippen LogP contribution in [0, 0.1) is 0 Å². The molecule has 2 aromatic heterocycles. The number of nitrogens with zero attached hydrogens (tertiary/aromatic N) is 1. The molecule has 6 heteroatoms. The maximum Gasteiger partial charge on any atom is 0.342 e. The lowest BCUT2D eigenvalue weighted by Gasteiger charge is -1.99. The van der Waals surface area contributed by atoms with Gasteiger partial charge in [0.25, 0.3) is 0 Å². The van der Waals surface area contributed by atoms with E-state index >= 15 is 0 Å². The molecule has 0 bridgehead atoms. The van der Waals surface area contributed by atoms with Crippen molar-refractivity contribution in [2.75, 3.05) is 14.2 Å². The topological polar surface area (TPSA) is 64.2 Å². The van der Waals surface area contributed by atoms with E-state index in [0.717, 1.165) is 5.52 Å². The van der Waals surface area contributed by atoms with E-state index in [1.165, 1.54) is 14.2 Å². The summed E-state index contributed by atoms with van der Waals surface area (Å²) in [6.45, 7) is 0. The number of esters is 1. The van der Waals surface area contributed by atoms with E-state index in [1.807, 2.05) is 0 Å². The lowest BCUT2D eigenvalue weighted by atomic mass is 10.2. The Kier molecular flexibility index (Phi) is 2.82. The normalized spacial score (nSPS) is 10.4. The zero-order chi connectivity index (χ0) is 11.7. The van der Waals surface area contributed by atoms with E-state index in [0.29, 0.717) is 21.6 Å². The van der Waals surface area contributed by atoms with E-state index in [1.54, 1.807) is 12.1 Å². The molecule has 0 atom stereocenters. The molecule has 0 amide bonds. The number of hydrogen-bond donors (Lipinski definition) is 1. The molecule has 5 nitrogen and oxygen atoms in total. The second kappa shape index (κ2) is 4.13. The molecule has 0 aliphatic heterocycles. The molecular weight excluding hydrogens is 276 g/mol. The number of H-pyrrole nitrogens is 1. The summed E-state index contributed by atoms with van der Waals surface area (Å²) in [5.74, 6) is 0.00281. The standard InChI is InChI=1S/C10H9BrN2O3/c1-15-6-4-3-5-8(13-6)7(9(11)12-5)10(14)16-2/h3-4,12H,1-2H3. The van der Waals surface area contributed by atoms with Gasteiger partial charge in [-0.1, -0.05) is 0 Å². The number of fused-ring (bicyclic) bond motifs is 1. The molecule has 0 spiro atoms. The summed E-state index contributed by atoms with van der Waals surface area (Å²) >= 11 is 3.26. The van der Waals surface area contributed by atoms with Crippen molar-refractivity contribution >= 4 is 32.9 Å². The number of methoxy groups -OCH3 is 2. The van der Waals surface area contributed by atoms with Crippen molar-refractivity contribution < 1.29 is 14.3 Å². The zero-order valence-electron chi connectivity index (χ0n) is 8.70. The van der Waals surface area contributed by atoms with Gasteiger partial charge in [0.1, 0.15) is 11.1 Å². The average Bonchev–Trinajstić information content (AvgIpc) is 2.63. The first kappa shape index (κ1) is 10.9. The van der Waals surface area contributed by atoms with Crippen molar-refractivity contribution in [2.24, 2.45) is 0 Å². The predicted molar refractivity (Wildman–Crippen MR) is 61.7 cm³/mol. The number of aromatic nitrogens is 2. The van der Waals surface area contributed by atoms with Gasteiger partial charge in [0.15, 0.2) is 0 Å². The van der Waals surface area contributed by atoms with Crippen LogP contribution in [-0.2, 0) is 4.74 Å². The van der Waals surface area contributed by atoms with Gasteiger partial charge in [-0.15, -0.1) is 0 Å². The van der Waals surface area contributed by atoms with Gasteiger partial charge in [-0.25, -0.2) is 9.78 Å². The first-order valence-corrected chi connectivity index (χ1v) is 5.27. The fraction of sp³-hybridized carbons (Fsp3) is 0.200. The number of ether oxygens (including phenoxy) is 2. The summed E-state index contributed by atoms with van der Waals surface area (Å²) in [7, 11) is 2.85. The Morgan fingerprint density at radius 2 is 2.19 bits per heavy atom. The molecule has 2 rings (SSSR count). The monoisotopic (exact) mass is 284 g/mol. The molecule has 84 valence electrons. The van der Waals surface area contributed by atoms with Gasteiger partial charge in [0.2, 0.25) is 5.88 Å². The van der Waals surface area contributed by atoms with E-state index in [9.17, 15) is 4.79 Å². The van der Waals surface area contributed by atoms with Gasteiger partial charge in [-0.3, -0.25) is 0 Å². The van der Waals surface area contributed by atoms with Crippen LogP contribution in [0.4, 0.5) is 0 Å². The Labute approximate surface area is 99.9 Å². The number of carbonyl (C=O) groups excluding carboxylic acids is 1. The molecule has 0 radical (unpaired) electrons. The largest absolute Gasteiger partial charge is 0.481 e. The van der Waals surface area contributed by atoms with Crippen LogP contribution in [0.15, 0.2) is 16.7 Å². The van der Waals surface area contributed by atoms with Gasteiger partial charge >= 0.3 is 5.97 Å². The SMILES string of the molecule is COC(=O)c1c(Br)[nH]c2ccc(OC)nc12. The highest BCUT2D eigenvalue weighted by atomic mass is 79.9. The zero-order valence-corrected chi connectivity index (χ0v) is 10.3. The van der Waals surface area contributed by atoms with Crippen LogP contribution in [-0.4, -0.2) is 30.2 Å². The van der Waals surface area contributed by atoms with E-state index in [4.69, 9.17) is 4.74 Å². The van der Waals surface area contributed by atoms with E-state index < -0.39 is 5.97 Å². The van der Waals surface area contributed by atoms with Crippen LogP contribution >= 0.6 is 15.9 Å². The number of rotatable bonds is 2. The highest BCUT2D eigenvalue weighted by Gasteiger charge is 2.19. The van der Waals surface area contributed by atoms with Crippen molar-refractivity contribution in [1.29, 1.82) is 0 Å². The van der Waals surface area contributed by atoms with Gasteiger partial charge in [0, 0.05) is 6.07 Å². The van der Waals surface area contributed by atoms with Crippen molar-refractivity contribution in [3.8, 4) is 5.88 Å². The summed E-state index contributed by atoms with van der Waals surface area (Å²) in [6.07, 6.45) is 0. The Balaban J connectivity index is 2.70. The van der Waals surface area contributed by atoms with Gasteiger partial charge in [0.05, 0.1) is 24.3 Å². The molecule has 0 unspecified atom stereocenters. The van der Waals surface area contributed by atoms with E-state index in [2.05, 4.69) is 30.6 Å². The average molecular weight is 285 g/mol. The molecule has 2 aromatic rings.